The minimum Gasteiger partial charge on any atom is -0.456 e. The highest BCUT2D eigenvalue weighted by molar-refractivity contribution is 5.95. The van der Waals surface area contributed by atoms with E-state index in [2.05, 4.69) is 4.99 Å². The van der Waals surface area contributed by atoms with Crippen LogP contribution in [0.15, 0.2) is 4.99 Å². The van der Waals surface area contributed by atoms with Gasteiger partial charge in [0, 0.05) is 18.9 Å². The molecule has 0 spiro atoms. The van der Waals surface area contributed by atoms with E-state index in [4.69, 9.17) is 14.9 Å². The molecule has 0 radical (unpaired) electrons. The highest BCUT2D eigenvalue weighted by Crippen LogP contribution is 2.30. The van der Waals surface area contributed by atoms with E-state index in [1.54, 1.807) is 0 Å². The van der Waals surface area contributed by atoms with Gasteiger partial charge in [-0.25, -0.2) is 0 Å². The summed E-state index contributed by atoms with van der Waals surface area (Å²) in [6.07, 6.45) is -0.630. The van der Waals surface area contributed by atoms with Crippen molar-refractivity contribution in [3.63, 3.8) is 0 Å². The number of amidine groups is 2. The molecule has 7 nitrogen and oxygen atoms in total. The van der Waals surface area contributed by atoms with Crippen molar-refractivity contribution in [3.8, 4) is 0 Å². The van der Waals surface area contributed by atoms with E-state index in [1.165, 1.54) is 0 Å². The van der Waals surface area contributed by atoms with Crippen LogP contribution in [0.3, 0.4) is 0 Å². The molecule has 7 heteroatoms. The first-order valence-corrected chi connectivity index (χ1v) is 6.17. The van der Waals surface area contributed by atoms with Gasteiger partial charge in [-0.2, -0.15) is 4.99 Å². The van der Waals surface area contributed by atoms with Crippen LogP contribution in [0.4, 0.5) is 0 Å². The lowest BCUT2D eigenvalue weighted by atomic mass is 9.96. The first-order valence-electron chi connectivity index (χ1n) is 6.17. The Hall–Kier alpha value is -1.18. The van der Waals surface area contributed by atoms with Gasteiger partial charge in [0.1, 0.15) is 11.9 Å². The van der Waals surface area contributed by atoms with Crippen molar-refractivity contribution in [3.05, 3.63) is 0 Å². The molecule has 1 unspecified atom stereocenters. The van der Waals surface area contributed by atoms with E-state index in [0.29, 0.717) is 38.0 Å². The molecule has 0 aromatic heterocycles. The molecule has 3 N–H and O–H groups in total. The molecule has 2 fully saturated rings. The maximum absolute atomic E-state index is 10.2. The van der Waals surface area contributed by atoms with Crippen LogP contribution in [0.1, 0.15) is 6.42 Å². The smallest absolute Gasteiger partial charge is 0.294 e. The third-order valence-electron chi connectivity index (χ3n) is 3.76. The van der Waals surface area contributed by atoms with Crippen LogP contribution in [-0.4, -0.2) is 71.6 Å². The number of aliphatic hydroxyl groups excluding tert-OH is 2. The fraction of sp³-hybridized carbons (Fsp3) is 0.818. The molecule has 0 aliphatic carbocycles. The molecule has 18 heavy (non-hydrogen) atoms. The summed E-state index contributed by atoms with van der Waals surface area (Å²) in [6, 6.07) is 0.325. The molecule has 3 heterocycles. The molecule has 0 aromatic rings. The Balaban J connectivity index is 1.86. The zero-order valence-corrected chi connectivity index (χ0v) is 9.95. The maximum atomic E-state index is 10.2. The van der Waals surface area contributed by atoms with Crippen molar-refractivity contribution in [1.29, 1.82) is 5.41 Å². The minimum atomic E-state index is -0.773. The third kappa shape index (κ3) is 1.79. The summed E-state index contributed by atoms with van der Waals surface area (Å²) in [7, 11) is 0. The minimum absolute atomic E-state index is 0.0802. The second-order valence-electron chi connectivity index (χ2n) is 4.90. The SMILES string of the molecule is N=C1CCN2C(=N1)OC1[C@@H](O)[C@@H](CO)COC[C@H]12. The van der Waals surface area contributed by atoms with Gasteiger partial charge in [0.15, 0.2) is 6.10 Å². The van der Waals surface area contributed by atoms with Crippen molar-refractivity contribution in [2.75, 3.05) is 26.4 Å². The molecule has 0 amide bonds. The molecule has 0 saturated carbocycles. The monoisotopic (exact) mass is 255 g/mol. The molecule has 2 saturated heterocycles. The Morgan fingerprint density at radius 3 is 3.06 bits per heavy atom. The lowest BCUT2D eigenvalue weighted by Crippen LogP contribution is -2.46. The lowest BCUT2D eigenvalue weighted by Gasteiger charge is -2.26. The van der Waals surface area contributed by atoms with Gasteiger partial charge in [0.05, 0.1) is 25.9 Å². The largest absolute Gasteiger partial charge is 0.456 e. The van der Waals surface area contributed by atoms with E-state index in [9.17, 15) is 10.2 Å². The number of hydrogen-bond donors (Lipinski definition) is 3. The summed E-state index contributed by atoms with van der Waals surface area (Å²) < 4.78 is 11.2. The van der Waals surface area contributed by atoms with Crippen LogP contribution >= 0.6 is 0 Å². The van der Waals surface area contributed by atoms with Gasteiger partial charge >= 0.3 is 0 Å². The molecule has 3 rings (SSSR count). The molecule has 0 aromatic carbocycles. The van der Waals surface area contributed by atoms with E-state index in [0.717, 1.165) is 0 Å². The Morgan fingerprint density at radius 2 is 2.28 bits per heavy atom. The molecule has 3 aliphatic rings. The summed E-state index contributed by atoms with van der Waals surface area (Å²) in [5.41, 5.74) is 0. The van der Waals surface area contributed by atoms with Gasteiger partial charge in [-0.3, -0.25) is 5.41 Å². The molecule has 3 aliphatic heterocycles. The van der Waals surface area contributed by atoms with Crippen LogP contribution in [-0.2, 0) is 9.47 Å². The number of hydrogen-bond acceptors (Lipinski definition) is 6. The summed E-state index contributed by atoms with van der Waals surface area (Å²) in [4.78, 5) is 6.01. The van der Waals surface area contributed by atoms with Gasteiger partial charge in [-0.05, 0) is 0 Å². The fourth-order valence-electron chi connectivity index (χ4n) is 2.69. The zero-order valence-electron chi connectivity index (χ0n) is 9.95. The first-order chi connectivity index (χ1) is 8.70. The maximum Gasteiger partial charge on any atom is 0.294 e. The second-order valence-corrected chi connectivity index (χ2v) is 4.90. The number of ether oxygens (including phenoxy) is 2. The molecular weight excluding hydrogens is 238 g/mol. The average Bonchev–Trinajstić information content (AvgIpc) is 2.64. The Labute approximate surface area is 105 Å². The third-order valence-corrected chi connectivity index (χ3v) is 3.76. The highest BCUT2D eigenvalue weighted by atomic mass is 16.5. The van der Waals surface area contributed by atoms with Gasteiger partial charge < -0.3 is 24.6 Å². The summed E-state index contributed by atoms with van der Waals surface area (Å²) in [6.45, 7) is 1.32. The standard InChI is InChI=1S/C11H17N3O4/c12-8-1-2-14-7-5-17-4-6(3-15)9(16)10(7)18-11(14)13-8/h6-7,9-10,12,15-16H,1-5H2/t6-,7+,9-,10?/m0/s1. The quantitative estimate of drug-likeness (QED) is 0.546. The van der Waals surface area contributed by atoms with E-state index in [-0.39, 0.29) is 18.6 Å². The summed E-state index contributed by atoms with van der Waals surface area (Å²) in [5, 5.41) is 27.0. The van der Waals surface area contributed by atoms with Crippen LogP contribution in [0.2, 0.25) is 0 Å². The van der Waals surface area contributed by atoms with Crippen molar-refractivity contribution in [2.45, 2.75) is 24.7 Å². The van der Waals surface area contributed by atoms with E-state index < -0.39 is 12.2 Å². The number of aliphatic imine (C=N–C) groups is 1. The van der Waals surface area contributed by atoms with Crippen LogP contribution in [0.5, 0.6) is 0 Å². The second kappa shape index (κ2) is 4.49. The average molecular weight is 255 g/mol. The van der Waals surface area contributed by atoms with E-state index in [1.807, 2.05) is 4.90 Å². The molecule has 4 atom stereocenters. The van der Waals surface area contributed by atoms with Crippen molar-refractivity contribution in [2.24, 2.45) is 10.9 Å². The zero-order chi connectivity index (χ0) is 12.7. The Morgan fingerprint density at radius 1 is 1.44 bits per heavy atom. The Bertz CT molecular complexity index is 386. The van der Waals surface area contributed by atoms with Crippen molar-refractivity contribution in [1.82, 2.24) is 4.90 Å². The molecule has 100 valence electrons. The van der Waals surface area contributed by atoms with Gasteiger partial charge in [-0.15, -0.1) is 0 Å². The number of rotatable bonds is 1. The molecular formula is C11H17N3O4. The van der Waals surface area contributed by atoms with Crippen LogP contribution in [0.25, 0.3) is 0 Å². The van der Waals surface area contributed by atoms with Crippen molar-refractivity contribution < 1.29 is 19.7 Å². The van der Waals surface area contributed by atoms with Gasteiger partial charge in [0.25, 0.3) is 6.02 Å². The van der Waals surface area contributed by atoms with Crippen LogP contribution < -0.4 is 0 Å². The fourth-order valence-corrected chi connectivity index (χ4v) is 2.69. The number of nitrogens with one attached hydrogen (secondary N) is 1. The predicted molar refractivity (Wildman–Crippen MR) is 62.5 cm³/mol. The first kappa shape index (κ1) is 11.9. The van der Waals surface area contributed by atoms with Crippen LogP contribution in [0, 0.1) is 11.3 Å². The summed E-state index contributed by atoms with van der Waals surface area (Å²) >= 11 is 0. The number of nitrogens with zero attached hydrogens (tertiary/aromatic N) is 2. The summed E-state index contributed by atoms with van der Waals surface area (Å²) in [5.74, 6) is -0.0340. The van der Waals surface area contributed by atoms with Gasteiger partial charge in [0.2, 0.25) is 0 Å². The lowest BCUT2D eigenvalue weighted by molar-refractivity contribution is -0.0212. The Kier molecular flexibility index (Phi) is 2.96. The van der Waals surface area contributed by atoms with E-state index >= 15 is 0 Å². The predicted octanol–water partition coefficient (Wildman–Crippen LogP) is -1.21. The normalized spacial score (nSPS) is 39.6. The molecule has 0 bridgehead atoms. The number of fused-ring (bicyclic) bond motifs is 3. The van der Waals surface area contributed by atoms with Gasteiger partial charge in [-0.1, -0.05) is 0 Å². The number of aliphatic hydroxyl groups is 2. The topological polar surface area (TPSA) is 98.4 Å². The highest BCUT2D eigenvalue weighted by Gasteiger charge is 2.48. The van der Waals surface area contributed by atoms with Crippen molar-refractivity contribution >= 4 is 11.9 Å².